The monoisotopic (exact) mass is 1200 g/mol. The second kappa shape index (κ2) is 28.7. The number of aryl methyl sites for hydroxylation is 12. The van der Waals surface area contributed by atoms with E-state index in [0.717, 1.165) is 67.3 Å². The third-order valence-electron chi connectivity index (χ3n) is 13.3. The average molecular weight is 1200 g/mol. The van der Waals surface area contributed by atoms with Gasteiger partial charge in [0.2, 0.25) is 0 Å². The molecule has 8 aromatic carbocycles. The van der Waals surface area contributed by atoms with Crippen LogP contribution in [0.25, 0.3) is 55.7 Å². The van der Waals surface area contributed by atoms with Crippen molar-refractivity contribution in [1.29, 1.82) is 0 Å². The summed E-state index contributed by atoms with van der Waals surface area (Å²) >= 11 is 0. The fourth-order valence-corrected chi connectivity index (χ4v) is 10.3. The SMILES string of the molecule is Cc1cc(C)c(-c2cc(-c3c(C)cc(C)cc3C)nc([N-]Cc3ccccc3)n2)c(C)c1.Cc1cc(C)c(-c2cc(-c3c(C)cc(C)cc3C)nc([N-]Cc3ccccc3)n2)c(C)c1.[CH2-]c1ccccc1.[CH2-]c1ccccc1.[Hf+4]. The van der Waals surface area contributed by atoms with Gasteiger partial charge in [0.05, 0.1) is 0 Å². The molecule has 396 valence electrons. The number of hydrogen-bond donors (Lipinski definition) is 0. The van der Waals surface area contributed by atoms with Crippen LogP contribution in [-0.2, 0) is 38.9 Å². The van der Waals surface area contributed by atoms with Gasteiger partial charge < -0.3 is 30.6 Å². The Bertz CT molecular complexity index is 3110. The van der Waals surface area contributed by atoms with Crippen molar-refractivity contribution < 1.29 is 25.8 Å². The molecule has 0 aliphatic heterocycles. The minimum Gasteiger partial charge on any atom is -0.389 e. The molecule has 10 aromatic rings. The van der Waals surface area contributed by atoms with Gasteiger partial charge in [0, 0.05) is 47.8 Å². The van der Waals surface area contributed by atoms with E-state index in [-0.39, 0.29) is 25.8 Å². The van der Waals surface area contributed by atoms with Crippen LogP contribution in [0.15, 0.2) is 182 Å². The van der Waals surface area contributed by atoms with Crippen molar-refractivity contribution in [3.63, 3.8) is 0 Å². The summed E-state index contributed by atoms with van der Waals surface area (Å²) in [7, 11) is 0. The van der Waals surface area contributed by atoms with Crippen LogP contribution >= 0.6 is 0 Å². The molecule has 2 aromatic heterocycles. The van der Waals surface area contributed by atoms with Gasteiger partial charge in [-0.05, 0) is 173 Å². The van der Waals surface area contributed by atoms with Crippen molar-refractivity contribution in [2.24, 2.45) is 0 Å². The summed E-state index contributed by atoms with van der Waals surface area (Å²) in [5, 5.41) is 9.56. The summed E-state index contributed by atoms with van der Waals surface area (Å²) < 4.78 is 0. The molecule has 2 heterocycles. The van der Waals surface area contributed by atoms with Crippen LogP contribution in [0.5, 0.6) is 0 Å². The molecule has 10 rings (SSSR count). The molecule has 0 bridgehead atoms. The molecule has 0 atom stereocenters. The molecule has 0 saturated carbocycles. The Morgan fingerprint density at radius 3 is 0.684 bits per heavy atom. The standard InChI is InChI=1S/2C29H30N3.2C7H7.Hf/c2*1-18-12-20(3)27(21(4)13-18)25-16-26(28-22(5)14-19(2)15-23(28)6)32-29(31-25)30-17-24-10-8-7-9-11-24;2*1-7-5-3-2-4-6-7;/h2*7-16H,17H2,1-6H3;2*2-6H,1H2;/q4*-1;+4. The summed E-state index contributed by atoms with van der Waals surface area (Å²) in [6.07, 6.45) is 0. The topological polar surface area (TPSA) is 79.8 Å². The van der Waals surface area contributed by atoms with Crippen LogP contribution in [0, 0.1) is 96.9 Å². The van der Waals surface area contributed by atoms with Crippen molar-refractivity contribution in [2.75, 3.05) is 0 Å². The van der Waals surface area contributed by atoms with Crippen LogP contribution < -0.4 is 0 Å². The van der Waals surface area contributed by atoms with Gasteiger partial charge in [0.25, 0.3) is 0 Å². The predicted octanol–water partition coefficient (Wildman–Crippen LogP) is 19.5. The Balaban J connectivity index is 0.000000202. The van der Waals surface area contributed by atoms with Crippen molar-refractivity contribution in [2.45, 2.75) is 96.2 Å². The molecular formula is C72H74HfN6. The number of hydrogen-bond acceptors (Lipinski definition) is 4. The van der Waals surface area contributed by atoms with E-state index < -0.39 is 0 Å². The van der Waals surface area contributed by atoms with Crippen LogP contribution in [0.4, 0.5) is 11.9 Å². The van der Waals surface area contributed by atoms with E-state index in [1.165, 1.54) is 66.8 Å². The van der Waals surface area contributed by atoms with Crippen molar-refractivity contribution >= 4 is 11.9 Å². The number of benzene rings is 8. The fourth-order valence-electron chi connectivity index (χ4n) is 10.3. The van der Waals surface area contributed by atoms with Crippen molar-refractivity contribution in [1.82, 2.24) is 19.9 Å². The Hall–Kier alpha value is -7.87. The molecule has 6 nitrogen and oxygen atoms in total. The molecule has 0 unspecified atom stereocenters. The maximum Gasteiger partial charge on any atom is 4.00 e. The van der Waals surface area contributed by atoms with Gasteiger partial charge in [-0.2, -0.15) is 49.2 Å². The van der Waals surface area contributed by atoms with E-state index in [9.17, 15) is 0 Å². The van der Waals surface area contributed by atoms with Crippen LogP contribution in [0.2, 0.25) is 0 Å². The molecule has 79 heavy (non-hydrogen) atoms. The summed E-state index contributed by atoms with van der Waals surface area (Å²) in [4.78, 5) is 19.6. The van der Waals surface area contributed by atoms with Crippen LogP contribution in [0.3, 0.4) is 0 Å². The van der Waals surface area contributed by atoms with Crippen LogP contribution in [-0.4, -0.2) is 19.9 Å². The third-order valence-corrected chi connectivity index (χ3v) is 13.3. The molecule has 0 spiro atoms. The van der Waals surface area contributed by atoms with E-state index in [0.29, 0.717) is 25.0 Å². The molecule has 0 saturated heterocycles. The second-order valence-corrected chi connectivity index (χ2v) is 20.5. The number of nitrogens with zero attached hydrogens (tertiary/aromatic N) is 6. The normalized spacial score (nSPS) is 10.4. The molecule has 0 aliphatic carbocycles. The predicted molar refractivity (Wildman–Crippen MR) is 331 cm³/mol. The quantitative estimate of drug-likeness (QED) is 0.101. The molecule has 0 aliphatic rings. The number of aromatic nitrogens is 4. The third kappa shape index (κ3) is 17.1. The maximum absolute atomic E-state index is 4.89. The van der Waals surface area contributed by atoms with Gasteiger partial charge in [0.15, 0.2) is 0 Å². The zero-order chi connectivity index (χ0) is 55.9. The van der Waals surface area contributed by atoms with E-state index in [1.54, 1.807) is 0 Å². The molecular weight excluding hydrogens is 1130 g/mol. The Morgan fingerprint density at radius 1 is 0.291 bits per heavy atom. The fraction of sp³-hybridized carbons (Fsp3) is 0.194. The Morgan fingerprint density at radius 2 is 0.494 bits per heavy atom. The first kappa shape index (κ1) is 60.4. The van der Waals surface area contributed by atoms with Gasteiger partial charge in [-0.15, -0.1) is 24.3 Å². The van der Waals surface area contributed by atoms with Crippen molar-refractivity contribution in [3.8, 4) is 45.0 Å². The van der Waals surface area contributed by atoms with Gasteiger partial charge in [-0.1, -0.05) is 144 Å². The minimum absolute atomic E-state index is 0. The summed E-state index contributed by atoms with van der Waals surface area (Å²) in [5.41, 5.74) is 27.6. The van der Waals surface area contributed by atoms with E-state index in [4.69, 9.17) is 30.6 Å². The first-order valence-electron chi connectivity index (χ1n) is 26.7. The van der Waals surface area contributed by atoms with Crippen LogP contribution in [0.1, 0.15) is 89.0 Å². The molecule has 0 fully saturated rings. The molecule has 0 N–H and O–H groups in total. The number of rotatable bonds is 10. The van der Waals surface area contributed by atoms with E-state index in [2.05, 4.69) is 182 Å². The summed E-state index contributed by atoms with van der Waals surface area (Å²) in [5.74, 6) is 1.06. The van der Waals surface area contributed by atoms with Gasteiger partial charge in [-0.25, -0.2) is 0 Å². The largest absolute Gasteiger partial charge is 4.00 e. The maximum atomic E-state index is 4.89. The average Bonchev–Trinajstić information content (AvgIpc) is 3.41. The molecule has 0 radical (unpaired) electrons. The smallest absolute Gasteiger partial charge is 0.389 e. The summed E-state index contributed by atoms with van der Waals surface area (Å²) in [6, 6.07) is 62.2. The zero-order valence-corrected chi connectivity index (χ0v) is 51.9. The zero-order valence-electron chi connectivity index (χ0n) is 48.3. The first-order chi connectivity index (χ1) is 37.4. The summed E-state index contributed by atoms with van der Waals surface area (Å²) in [6.45, 7) is 34.3. The Labute approximate surface area is 491 Å². The van der Waals surface area contributed by atoms with Gasteiger partial charge in [-0.3, -0.25) is 0 Å². The minimum atomic E-state index is 0. The van der Waals surface area contributed by atoms with Crippen molar-refractivity contribution in [3.05, 3.63) is 295 Å². The van der Waals surface area contributed by atoms with E-state index >= 15 is 0 Å². The molecule has 7 heteroatoms. The first-order valence-corrected chi connectivity index (χ1v) is 26.7. The Kier molecular flexibility index (Phi) is 21.9. The molecule has 0 amide bonds. The van der Waals surface area contributed by atoms with Gasteiger partial charge in [0.1, 0.15) is 0 Å². The van der Waals surface area contributed by atoms with Gasteiger partial charge >= 0.3 is 25.8 Å². The van der Waals surface area contributed by atoms with E-state index in [1.807, 2.05) is 97.1 Å². The second-order valence-electron chi connectivity index (χ2n) is 20.5.